The predicted molar refractivity (Wildman–Crippen MR) is 87.8 cm³/mol. The number of aryl methyl sites for hydroxylation is 1. The van der Waals surface area contributed by atoms with Crippen molar-refractivity contribution in [2.75, 3.05) is 18.2 Å². The van der Waals surface area contributed by atoms with Crippen LogP contribution in [-0.2, 0) is 0 Å². The minimum Gasteiger partial charge on any atom is -0.349 e. The van der Waals surface area contributed by atoms with Crippen molar-refractivity contribution in [3.63, 3.8) is 0 Å². The van der Waals surface area contributed by atoms with Gasteiger partial charge in [-0.2, -0.15) is 0 Å². The van der Waals surface area contributed by atoms with E-state index in [1.807, 2.05) is 0 Å². The molecule has 0 radical (unpaired) electrons. The number of nitrogens with zero attached hydrogens (tertiary/aromatic N) is 2. The third-order valence-electron chi connectivity index (χ3n) is 4.41. The number of rotatable bonds is 2. The normalized spacial score (nSPS) is 21.9. The second kappa shape index (κ2) is 6.10. The van der Waals surface area contributed by atoms with Crippen LogP contribution in [0.15, 0.2) is 24.3 Å². The lowest BCUT2D eigenvalue weighted by Gasteiger charge is -2.43. The summed E-state index contributed by atoms with van der Waals surface area (Å²) in [6.07, 6.45) is 6.80. The second-order valence-corrected chi connectivity index (χ2v) is 6.32. The summed E-state index contributed by atoms with van der Waals surface area (Å²) in [6, 6.07) is 9.30. The molecule has 4 heteroatoms. The van der Waals surface area contributed by atoms with Gasteiger partial charge in [0, 0.05) is 11.7 Å². The maximum atomic E-state index is 5.49. The molecule has 0 amide bonds. The Morgan fingerprint density at radius 3 is 2.75 bits per heavy atom. The lowest BCUT2D eigenvalue weighted by Crippen LogP contribution is -2.59. The molecular weight excluding hydrogens is 266 g/mol. The summed E-state index contributed by atoms with van der Waals surface area (Å²) in [6.45, 7) is 3.94. The molecule has 0 atom stereocenters. The molecule has 1 aliphatic heterocycles. The van der Waals surface area contributed by atoms with Crippen LogP contribution in [0.5, 0.6) is 0 Å². The Labute approximate surface area is 126 Å². The second-order valence-electron chi connectivity index (χ2n) is 5.93. The Kier molecular flexibility index (Phi) is 4.22. The van der Waals surface area contributed by atoms with Crippen molar-refractivity contribution in [3.05, 3.63) is 29.8 Å². The average Bonchev–Trinajstić information content (AvgIpc) is 2.48. The molecule has 2 aliphatic rings. The molecule has 2 fully saturated rings. The SMILES string of the molecule is Cc1cccc(N2CN(C3CCCCC3)CNC2=S)c1. The lowest BCUT2D eigenvalue weighted by molar-refractivity contribution is 0.148. The van der Waals surface area contributed by atoms with E-state index in [1.54, 1.807) is 0 Å². The van der Waals surface area contributed by atoms with Crippen LogP contribution in [0, 0.1) is 6.92 Å². The van der Waals surface area contributed by atoms with Gasteiger partial charge >= 0.3 is 0 Å². The number of nitrogens with one attached hydrogen (secondary N) is 1. The molecule has 1 N–H and O–H groups in total. The molecule has 20 heavy (non-hydrogen) atoms. The summed E-state index contributed by atoms with van der Waals surface area (Å²) in [5.41, 5.74) is 2.48. The Bertz CT molecular complexity index is 482. The van der Waals surface area contributed by atoms with E-state index >= 15 is 0 Å². The van der Waals surface area contributed by atoms with Gasteiger partial charge in [-0.05, 0) is 49.7 Å². The zero-order valence-corrected chi connectivity index (χ0v) is 13.0. The van der Waals surface area contributed by atoms with Crippen molar-refractivity contribution in [1.29, 1.82) is 0 Å². The van der Waals surface area contributed by atoms with Crippen LogP contribution in [0.2, 0.25) is 0 Å². The van der Waals surface area contributed by atoms with Gasteiger partial charge in [0.05, 0.1) is 13.3 Å². The van der Waals surface area contributed by atoms with Crippen LogP contribution in [0.25, 0.3) is 0 Å². The molecule has 1 aliphatic carbocycles. The lowest BCUT2D eigenvalue weighted by atomic mass is 9.94. The minimum atomic E-state index is 0.714. The number of hydrogen-bond donors (Lipinski definition) is 1. The fraction of sp³-hybridized carbons (Fsp3) is 0.562. The topological polar surface area (TPSA) is 18.5 Å². The molecule has 3 nitrogen and oxygen atoms in total. The summed E-state index contributed by atoms with van der Waals surface area (Å²) in [5, 5.41) is 4.23. The molecule has 1 aromatic rings. The van der Waals surface area contributed by atoms with Gasteiger partial charge in [0.15, 0.2) is 5.11 Å². The molecule has 0 aromatic heterocycles. The highest BCUT2D eigenvalue weighted by molar-refractivity contribution is 7.80. The van der Waals surface area contributed by atoms with Gasteiger partial charge in [-0.3, -0.25) is 4.90 Å². The molecule has 1 saturated carbocycles. The van der Waals surface area contributed by atoms with Gasteiger partial charge in [-0.1, -0.05) is 31.4 Å². The first kappa shape index (κ1) is 13.8. The molecule has 0 spiro atoms. The zero-order chi connectivity index (χ0) is 13.9. The average molecular weight is 289 g/mol. The quantitative estimate of drug-likeness (QED) is 0.842. The van der Waals surface area contributed by atoms with Crippen LogP contribution in [0.4, 0.5) is 5.69 Å². The molecule has 1 saturated heterocycles. The first-order valence-corrected chi connectivity index (χ1v) is 8.01. The van der Waals surface area contributed by atoms with Crippen LogP contribution in [-0.4, -0.2) is 29.4 Å². The summed E-state index contributed by atoms with van der Waals surface area (Å²) < 4.78 is 0. The fourth-order valence-corrected chi connectivity index (χ4v) is 3.47. The minimum absolute atomic E-state index is 0.714. The van der Waals surface area contributed by atoms with E-state index < -0.39 is 0 Å². The van der Waals surface area contributed by atoms with Gasteiger partial charge in [-0.15, -0.1) is 0 Å². The Balaban J connectivity index is 1.74. The van der Waals surface area contributed by atoms with Gasteiger partial charge in [0.2, 0.25) is 0 Å². The third kappa shape index (κ3) is 2.96. The van der Waals surface area contributed by atoms with Crippen LogP contribution >= 0.6 is 12.2 Å². The Hall–Kier alpha value is -1.13. The first-order valence-electron chi connectivity index (χ1n) is 7.60. The molecule has 0 unspecified atom stereocenters. The number of thiocarbonyl (C=S) groups is 1. The molecule has 3 rings (SSSR count). The van der Waals surface area contributed by atoms with E-state index in [2.05, 4.69) is 46.3 Å². The fourth-order valence-electron chi connectivity index (χ4n) is 3.25. The largest absolute Gasteiger partial charge is 0.349 e. The monoisotopic (exact) mass is 289 g/mol. The molecule has 1 aromatic carbocycles. The molecule has 1 heterocycles. The van der Waals surface area contributed by atoms with Crippen molar-refractivity contribution >= 4 is 23.0 Å². The maximum Gasteiger partial charge on any atom is 0.175 e. The van der Waals surface area contributed by atoms with Gasteiger partial charge in [-0.25, -0.2) is 0 Å². The smallest absolute Gasteiger partial charge is 0.175 e. The Morgan fingerprint density at radius 2 is 2.00 bits per heavy atom. The van der Waals surface area contributed by atoms with Crippen molar-refractivity contribution in [1.82, 2.24) is 10.2 Å². The first-order chi connectivity index (χ1) is 9.74. The summed E-state index contributed by atoms with van der Waals surface area (Å²) in [7, 11) is 0. The van der Waals surface area contributed by atoms with Crippen molar-refractivity contribution in [2.24, 2.45) is 0 Å². The van der Waals surface area contributed by atoms with Crippen molar-refractivity contribution in [3.8, 4) is 0 Å². The van der Waals surface area contributed by atoms with Crippen molar-refractivity contribution < 1.29 is 0 Å². The summed E-state index contributed by atoms with van der Waals surface area (Å²) in [5.74, 6) is 0. The van der Waals surface area contributed by atoms with Gasteiger partial charge in [0.1, 0.15) is 0 Å². The van der Waals surface area contributed by atoms with E-state index in [9.17, 15) is 0 Å². The van der Waals surface area contributed by atoms with Crippen LogP contribution < -0.4 is 10.2 Å². The zero-order valence-electron chi connectivity index (χ0n) is 12.1. The van der Waals surface area contributed by atoms with Crippen molar-refractivity contribution in [2.45, 2.75) is 45.1 Å². The van der Waals surface area contributed by atoms with E-state index in [0.717, 1.165) is 18.4 Å². The number of hydrogen-bond acceptors (Lipinski definition) is 2. The number of anilines is 1. The highest BCUT2D eigenvalue weighted by Gasteiger charge is 2.28. The summed E-state index contributed by atoms with van der Waals surface area (Å²) in [4.78, 5) is 4.76. The van der Waals surface area contributed by atoms with E-state index in [0.29, 0.717) is 6.04 Å². The van der Waals surface area contributed by atoms with Crippen LogP contribution in [0.1, 0.15) is 37.7 Å². The van der Waals surface area contributed by atoms with E-state index in [4.69, 9.17) is 12.2 Å². The van der Waals surface area contributed by atoms with Gasteiger partial charge < -0.3 is 10.2 Å². The summed E-state index contributed by atoms with van der Waals surface area (Å²) >= 11 is 5.49. The molecular formula is C16H23N3S. The Morgan fingerprint density at radius 1 is 1.20 bits per heavy atom. The number of benzene rings is 1. The van der Waals surface area contributed by atoms with Gasteiger partial charge in [0.25, 0.3) is 0 Å². The highest BCUT2D eigenvalue weighted by atomic mass is 32.1. The van der Waals surface area contributed by atoms with Crippen LogP contribution in [0.3, 0.4) is 0 Å². The standard InChI is InChI=1S/C16H23N3S/c1-13-6-5-9-15(10-13)19-12-18(11-17-16(19)20)14-7-3-2-4-8-14/h5-6,9-10,14H,2-4,7-8,11-12H2,1H3,(H,17,20). The molecule has 108 valence electrons. The van der Waals surface area contributed by atoms with E-state index in [-0.39, 0.29) is 0 Å². The predicted octanol–water partition coefficient (Wildman–Crippen LogP) is 3.24. The molecule has 0 bridgehead atoms. The maximum absolute atomic E-state index is 5.49. The van der Waals surface area contributed by atoms with E-state index in [1.165, 1.54) is 43.4 Å². The third-order valence-corrected chi connectivity index (χ3v) is 4.77. The highest BCUT2D eigenvalue weighted by Crippen LogP contribution is 2.25.